The van der Waals surface area contributed by atoms with E-state index < -0.39 is 0 Å². The Hall–Kier alpha value is -1.25. The molecule has 3 heteroatoms. The average molecular weight is 151 g/mol. The Morgan fingerprint density at radius 1 is 1.45 bits per heavy atom. The SMILES string of the molecule is CC(C)Nc1ccc(N)cn1. The van der Waals surface area contributed by atoms with E-state index in [2.05, 4.69) is 24.1 Å². The normalized spacial score (nSPS) is 10.1. The van der Waals surface area contributed by atoms with Crippen molar-refractivity contribution in [3.8, 4) is 0 Å². The summed E-state index contributed by atoms with van der Waals surface area (Å²) >= 11 is 0. The van der Waals surface area contributed by atoms with Gasteiger partial charge in [-0.05, 0) is 26.0 Å². The summed E-state index contributed by atoms with van der Waals surface area (Å²) in [5.74, 6) is 0.870. The number of nitrogens with zero attached hydrogens (tertiary/aromatic N) is 1. The highest BCUT2D eigenvalue weighted by Gasteiger charge is 1.94. The zero-order chi connectivity index (χ0) is 8.27. The summed E-state index contributed by atoms with van der Waals surface area (Å²) in [6, 6.07) is 4.11. The van der Waals surface area contributed by atoms with Gasteiger partial charge in [0.15, 0.2) is 0 Å². The summed E-state index contributed by atoms with van der Waals surface area (Å²) in [6.07, 6.45) is 1.64. The third kappa shape index (κ3) is 2.45. The molecule has 11 heavy (non-hydrogen) atoms. The van der Waals surface area contributed by atoms with Gasteiger partial charge in [-0.2, -0.15) is 0 Å². The molecule has 60 valence electrons. The second kappa shape index (κ2) is 3.23. The fraction of sp³-hybridized carbons (Fsp3) is 0.375. The van der Waals surface area contributed by atoms with E-state index in [1.807, 2.05) is 12.1 Å². The first-order valence-electron chi connectivity index (χ1n) is 3.66. The zero-order valence-electron chi connectivity index (χ0n) is 6.83. The Morgan fingerprint density at radius 2 is 2.18 bits per heavy atom. The van der Waals surface area contributed by atoms with Crippen molar-refractivity contribution in [2.24, 2.45) is 0 Å². The van der Waals surface area contributed by atoms with Crippen LogP contribution in [-0.2, 0) is 0 Å². The Morgan fingerprint density at radius 3 is 2.64 bits per heavy atom. The molecule has 0 aromatic carbocycles. The lowest BCUT2D eigenvalue weighted by Crippen LogP contribution is -2.10. The topological polar surface area (TPSA) is 50.9 Å². The van der Waals surface area contributed by atoms with E-state index in [0.29, 0.717) is 11.7 Å². The van der Waals surface area contributed by atoms with E-state index in [1.165, 1.54) is 0 Å². The van der Waals surface area contributed by atoms with Crippen molar-refractivity contribution in [2.45, 2.75) is 19.9 Å². The molecule has 1 rings (SSSR count). The maximum atomic E-state index is 5.47. The molecule has 0 aliphatic carbocycles. The smallest absolute Gasteiger partial charge is 0.126 e. The Labute approximate surface area is 66.6 Å². The molecule has 0 aliphatic heterocycles. The van der Waals surface area contributed by atoms with Gasteiger partial charge in [0.25, 0.3) is 0 Å². The minimum atomic E-state index is 0.408. The number of rotatable bonds is 2. The van der Waals surface area contributed by atoms with E-state index in [-0.39, 0.29) is 0 Å². The summed E-state index contributed by atoms with van der Waals surface area (Å²) in [7, 11) is 0. The van der Waals surface area contributed by atoms with E-state index in [1.54, 1.807) is 6.20 Å². The molecular formula is C8H13N3. The zero-order valence-corrected chi connectivity index (χ0v) is 6.83. The summed E-state index contributed by atoms with van der Waals surface area (Å²) in [6.45, 7) is 4.13. The van der Waals surface area contributed by atoms with Gasteiger partial charge in [0.1, 0.15) is 5.82 Å². The lowest BCUT2D eigenvalue weighted by molar-refractivity contribution is 0.889. The fourth-order valence-corrected chi connectivity index (χ4v) is 0.786. The Bertz CT molecular complexity index is 215. The highest BCUT2D eigenvalue weighted by Crippen LogP contribution is 2.06. The van der Waals surface area contributed by atoms with Crippen LogP contribution in [0.15, 0.2) is 18.3 Å². The van der Waals surface area contributed by atoms with E-state index in [0.717, 1.165) is 5.82 Å². The quantitative estimate of drug-likeness (QED) is 0.673. The number of aromatic nitrogens is 1. The predicted octanol–water partition coefficient (Wildman–Crippen LogP) is 1.48. The molecular weight excluding hydrogens is 138 g/mol. The van der Waals surface area contributed by atoms with Crippen LogP contribution in [-0.4, -0.2) is 11.0 Å². The molecule has 1 heterocycles. The van der Waals surface area contributed by atoms with Crippen LogP contribution in [0.1, 0.15) is 13.8 Å². The van der Waals surface area contributed by atoms with Gasteiger partial charge in [0, 0.05) is 6.04 Å². The van der Waals surface area contributed by atoms with Crippen LogP contribution < -0.4 is 11.1 Å². The van der Waals surface area contributed by atoms with Gasteiger partial charge in [0.2, 0.25) is 0 Å². The lowest BCUT2D eigenvalue weighted by atomic mass is 10.3. The maximum absolute atomic E-state index is 5.47. The van der Waals surface area contributed by atoms with Crippen LogP contribution in [0.4, 0.5) is 11.5 Å². The fourth-order valence-electron chi connectivity index (χ4n) is 0.786. The van der Waals surface area contributed by atoms with Crippen molar-refractivity contribution in [3.63, 3.8) is 0 Å². The summed E-state index contributed by atoms with van der Waals surface area (Å²) in [5.41, 5.74) is 6.16. The average Bonchev–Trinajstić information content (AvgIpc) is 1.93. The third-order valence-electron chi connectivity index (χ3n) is 1.22. The van der Waals surface area contributed by atoms with Gasteiger partial charge >= 0.3 is 0 Å². The van der Waals surface area contributed by atoms with Gasteiger partial charge in [-0.25, -0.2) is 4.98 Å². The van der Waals surface area contributed by atoms with E-state index >= 15 is 0 Å². The van der Waals surface area contributed by atoms with Crippen molar-refractivity contribution in [2.75, 3.05) is 11.1 Å². The van der Waals surface area contributed by atoms with Crippen molar-refractivity contribution in [3.05, 3.63) is 18.3 Å². The predicted molar refractivity (Wildman–Crippen MR) is 47.4 cm³/mol. The highest BCUT2D eigenvalue weighted by atomic mass is 15.0. The number of hydrogen-bond acceptors (Lipinski definition) is 3. The van der Waals surface area contributed by atoms with Gasteiger partial charge in [-0.1, -0.05) is 0 Å². The molecule has 0 spiro atoms. The summed E-state index contributed by atoms with van der Waals surface area (Å²) in [4.78, 5) is 4.08. The molecule has 0 atom stereocenters. The summed E-state index contributed by atoms with van der Waals surface area (Å²) < 4.78 is 0. The Balaban J connectivity index is 2.66. The summed E-state index contributed by atoms with van der Waals surface area (Å²) in [5, 5.41) is 3.17. The van der Waals surface area contributed by atoms with Crippen molar-refractivity contribution in [1.82, 2.24) is 4.98 Å². The molecule has 0 radical (unpaired) electrons. The number of anilines is 2. The van der Waals surface area contributed by atoms with Crippen molar-refractivity contribution >= 4 is 11.5 Å². The van der Waals surface area contributed by atoms with E-state index in [9.17, 15) is 0 Å². The Kier molecular flexibility index (Phi) is 2.31. The number of nitrogens with two attached hydrogens (primary N) is 1. The van der Waals surface area contributed by atoms with Crippen LogP contribution in [0.25, 0.3) is 0 Å². The largest absolute Gasteiger partial charge is 0.397 e. The molecule has 1 aromatic rings. The molecule has 0 unspecified atom stereocenters. The molecule has 3 N–H and O–H groups in total. The molecule has 1 aromatic heterocycles. The van der Waals surface area contributed by atoms with Gasteiger partial charge in [0.05, 0.1) is 11.9 Å². The molecule has 0 aliphatic rings. The van der Waals surface area contributed by atoms with Crippen LogP contribution in [0.2, 0.25) is 0 Å². The lowest BCUT2D eigenvalue weighted by Gasteiger charge is -2.07. The van der Waals surface area contributed by atoms with Crippen LogP contribution in [0.3, 0.4) is 0 Å². The number of pyridine rings is 1. The maximum Gasteiger partial charge on any atom is 0.126 e. The van der Waals surface area contributed by atoms with Crippen LogP contribution in [0, 0.1) is 0 Å². The van der Waals surface area contributed by atoms with Gasteiger partial charge < -0.3 is 11.1 Å². The standard InChI is InChI=1S/C8H13N3/c1-6(2)11-8-4-3-7(9)5-10-8/h3-6H,9H2,1-2H3,(H,10,11). The molecule has 0 bridgehead atoms. The number of nitrogens with one attached hydrogen (secondary N) is 1. The van der Waals surface area contributed by atoms with E-state index in [4.69, 9.17) is 5.73 Å². The molecule has 0 saturated heterocycles. The van der Waals surface area contributed by atoms with Crippen LogP contribution >= 0.6 is 0 Å². The van der Waals surface area contributed by atoms with Crippen molar-refractivity contribution < 1.29 is 0 Å². The number of nitrogen functional groups attached to an aromatic ring is 1. The first kappa shape index (κ1) is 7.85. The monoisotopic (exact) mass is 151 g/mol. The minimum Gasteiger partial charge on any atom is -0.397 e. The highest BCUT2D eigenvalue weighted by molar-refractivity contribution is 5.43. The van der Waals surface area contributed by atoms with Crippen LogP contribution in [0.5, 0.6) is 0 Å². The minimum absolute atomic E-state index is 0.408. The molecule has 0 amide bonds. The second-order valence-corrected chi connectivity index (χ2v) is 2.78. The first-order valence-corrected chi connectivity index (χ1v) is 3.66. The molecule has 0 saturated carbocycles. The van der Waals surface area contributed by atoms with Gasteiger partial charge in [-0.15, -0.1) is 0 Å². The first-order chi connectivity index (χ1) is 5.18. The molecule has 3 nitrogen and oxygen atoms in total. The molecule has 0 fully saturated rings. The van der Waals surface area contributed by atoms with Crippen molar-refractivity contribution in [1.29, 1.82) is 0 Å². The third-order valence-corrected chi connectivity index (χ3v) is 1.22. The second-order valence-electron chi connectivity index (χ2n) is 2.78. The van der Waals surface area contributed by atoms with Gasteiger partial charge in [-0.3, -0.25) is 0 Å². The number of hydrogen-bond donors (Lipinski definition) is 2.